The van der Waals surface area contributed by atoms with Crippen LogP contribution in [0.5, 0.6) is 0 Å². The van der Waals surface area contributed by atoms with E-state index in [0.717, 1.165) is 0 Å². The first-order chi connectivity index (χ1) is 7.24. The van der Waals surface area contributed by atoms with Gasteiger partial charge in [0.2, 0.25) is 5.91 Å². The molecule has 1 aliphatic carbocycles. The van der Waals surface area contributed by atoms with Gasteiger partial charge in [-0.1, -0.05) is 0 Å². The van der Waals surface area contributed by atoms with Crippen molar-refractivity contribution in [2.75, 3.05) is 13.2 Å². The molecular weight excluding hydrogens is 194 g/mol. The van der Waals surface area contributed by atoms with Crippen LogP contribution in [0.1, 0.15) is 13.3 Å². The van der Waals surface area contributed by atoms with Gasteiger partial charge in [-0.15, -0.1) is 0 Å². The number of hydrogen-bond acceptors (Lipinski definition) is 3. The Labute approximate surface area is 90.4 Å². The van der Waals surface area contributed by atoms with Gasteiger partial charge in [-0.25, -0.2) is 0 Å². The predicted octanol–water partition coefficient (Wildman–Crippen LogP) is 0.461. The zero-order valence-electron chi connectivity index (χ0n) is 8.66. The van der Waals surface area contributed by atoms with Gasteiger partial charge in [0, 0.05) is 6.54 Å². The van der Waals surface area contributed by atoms with Crippen LogP contribution in [0.2, 0.25) is 0 Å². The van der Waals surface area contributed by atoms with Crippen LogP contribution >= 0.6 is 0 Å². The molecule has 0 saturated heterocycles. The molecule has 1 fully saturated rings. The van der Waals surface area contributed by atoms with Crippen LogP contribution in [0, 0.1) is 31.6 Å². The molecule has 1 rings (SSSR count). The molecule has 0 heterocycles. The summed E-state index contributed by atoms with van der Waals surface area (Å²) in [5, 5.41) is 2.63. The van der Waals surface area contributed by atoms with Crippen molar-refractivity contribution in [2.45, 2.75) is 13.3 Å². The fraction of sp³-hybridized carbons (Fsp3) is 0.364. The maximum absolute atomic E-state index is 11.4. The molecule has 0 aromatic rings. The average Bonchev–Trinajstić information content (AvgIpc) is 2.70. The lowest BCUT2D eigenvalue weighted by atomic mass is 10.1. The number of rotatable bonds is 5. The average molecular weight is 208 g/mol. The van der Waals surface area contributed by atoms with E-state index in [1.165, 1.54) is 0 Å². The van der Waals surface area contributed by atoms with E-state index in [9.17, 15) is 9.59 Å². The van der Waals surface area contributed by atoms with Gasteiger partial charge in [-0.2, -0.15) is 0 Å². The highest BCUT2D eigenvalue weighted by molar-refractivity contribution is 5.95. The summed E-state index contributed by atoms with van der Waals surface area (Å²) in [6, 6.07) is 0. The molecule has 0 unspecified atom stereocenters. The molecular formula is C11H14NO3. The maximum Gasteiger partial charge on any atom is 0.307 e. The molecule has 1 saturated carbocycles. The van der Waals surface area contributed by atoms with Gasteiger partial charge in [-0.05, 0) is 32.6 Å². The van der Waals surface area contributed by atoms with Crippen molar-refractivity contribution in [3.8, 4) is 0 Å². The molecule has 1 amide bonds. The highest BCUT2D eigenvalue weighted by Crippen LogP contribution is 2.22. The van der Waals surface area contributed by atoms with Crippen molar-refractivity contribution in [1.29, 1.82) is 0 Å². The summed E-state index contributed by atoms with van der Waals surface area (Å²) in [6.45, 7) is 2.43. The van der Waals surface area contributed by atoms with Crippen LogP contribution in [-0.4, -0.2) is 25.0 Å². The van der Waals surface area contributed by atoms with Crippen LogP contribution in [0.15, 0.2) is 0 Å². The van der Waals surface area contributed by atoms with Crippen molar-refractivity contribution >= 4 is 11.9 Å². The van der Waals surface area contributed by atoms with Crippen LogP contribution < -0.4 is 5.32 Å². The molecule has 15 heavy (non-hydrogen) atoms. The van der Waals surface area contributed by atoms with Gasteiger partial charge in [0.25, 0.3) is 0 Å². The van der Waals surface area contributed by atoms with Crippen LogP contribution in [-0.2, 0) is 14.3 Å². The quantitative estimate of drug-likeness (QED) is 0.668. The third-order valence-corrected chi connectivity index (χ3v) is 1.84. The molecule has 0 aromatic heterocycles. The summed E-state index contributed by atoms with van der Waals surface area (Å²) in [4.78, 5) is 22.3. The smallest absolute Gasteiger partial charge is 0.307 e. The van der Waals surface area contributed by atoms with E-state index in [1.54, 1.807) is 32.6 Å². The highest BCUT2D eigenvalue weighted by Gasteiger charge is 2.24. The number of carbonyl (C=O) groups excluding carboxylic acids is 2. The Morgan fingerprint density at radius 2 is 2.00 bits per heavy atom. The van der Waals surface area contributed by atoms with E-state index in [-0.39, 0.29) is 18.3 Å². The molecule has 1 aliphatic rings. The Kier molecular flexibility index (Phi) is 5.15. The van der Waals surface area contributed by atoms with E-state index in [2.05, 4.69) is 5.32 Å². The standard InChI is InChI=1S/C11H14NO3/c1-2-15-10(13)7-8-12-11(14)9-5-3-4-6-9/h3-6H,2,7-8H2,1H3,(H,12,14). The fourth-order valence-electron chi connectivity index (χ4n) is 1.14. The van der Waals surface area contributed by atoms with Crippen molar-refractivity contribution in [3.63, 3.8) is 0 Å². The van der Waals surface area contributed by atoms with E-state index in [4.69, 9.17) is 4.74 Å². The molecule has 0 aromatic carbocycles. The largest absolute Gasteiger partial charge is 0.466 e. The monoisotopic (exact) mass is 208 g/mol. The molecule has 81 valence electrons. The molecule has 0 aliphatic heterocycles. The minimum atomic E-state index is -0.291. The first kappa shape index (κ1) is 12.0. The zero-order chi connectivity index (χ0) is 11.1. The second kappa shape index (κ2) is 6.43. The lowest BCUT2D eigenvalue weighted by Crippen LogP contribution is -2.30. The Hall–Kier alpha value is -1.06. The van der Waals surface area contributed by atoms with Crippen molar-refractivity contribution in [1.82, 2.24) is 5.32 Å². The van der Waals surface area contributed by atoms with Gasteiger partial charge in [-0.3, -0.25) is 9.59 Å². The lowest BCUT2D eigenvalue weighted by molar-refractivity contribution is -0.143. The number of amides is 1. The van der Waals surface area contributed by atoms with Crippen molar-refractivity contribution in [3.05, 3.63) is 31.6 Å². The number of hydrogen-bond donors (Lipinski definition) is 1. The molecule has 0 bridgehead atoms. The van der Waals surface area contributed by atoms with E-state index in [1.807, 2.05) is 0 Å². The third kappa shape index (κ3) is 4.32. The Balaban J connectivity index is 2.08. The SMILES string of the molecule is CCOC(=O)CCNC(=O)[C]1[CH][CH][CH][CH]1. The van der Waals surface area contributed by atoms with Crippen LogP contribution in [0.4, 0.5) is 0 Å². The molecule has 0 atom stereocenters. The normalized spacial score (nSPS) is 16.3. The number of carbonyl (C=O) groups is 2. The number of nitrogens with one attached hydrogen (secondary N) is 1. The lowest BCUT2D eigenvalue weighted by Gasteiger charge is -2.08. The van der Waals surface area contributed by atoms with E-state index in [0.29, 0.717) is 19.1 Å². The molecule has 5 radical (unpaired) electrons. The minimum Gasteiger partial charge on any atom is -0.466 e. The van der Waals surface area contributed by atoms with E-state index >= 15 is 0 Å². The van der Waals surface area contributed by atoms with Gasteiger partial charge in [0.15, 0.2) is 0 Å². The van der Waals surface area contributed by atoms with Crippen LogP contribution in [0.3, 0.4) is 0 Å². The van der Waals surface area contributed by atoms with Gasteiger partial charge >= 0.3 is 5.97 Å². The van der Waals surface area contributed by atoms with Crippen molar-refractivity contribution < 1.29 is 14.3 Å². The Bertz CT molecular complexity index is 222. The second-order valence-electron chi connectivity index (χ2n) is 2.98. The predicted molar refractivity (Wildman–Crippen MR) is 54.7 cm³/mol. The number of esters is 1. The number of ether oxygens (including phenoxy) is 1. The first-order valence-electron chi connectivity index (χ1n) is 4.89. The summed E-state index contributed by atoms with van der Waals surface area (Å²) in [6.07, 6.45) is 7.24. The highest BCUT2D eigenvalue weighted by atomic mass is 16.5. The summed E-state index contributed by atoms with van der Waals surface area (Å²) >= 11 is 0. The third-order valence-electron chi connectivity index (χ3n) is 1.84. The minimum absolute atomic E-state index is 0.163. The second-order valence-corrected chi connectivity index (χ2v) is 2.98. The van der Waals surface area contributed by atoms with Crippen LogP contribution in [0.25, 0.3) is 0 Å². The van der Waals surface area contributed by atoms with Gasteiger partial charge in [0.05, 0.1) is 18.9 Å². The maximum atomic E-state index is 11.4. The Morgan fingerprint density at radius 1 is 1.33 bits per heavy atom. The fourth-order valence-corrected chi connectivity index (χ4v) is 1.14. The molecule has 4 nitrogen and oxygen atoms in total. The van der Waals surface area contributed by atoms with E-state index < -0.39 is 0 Å². The first-order valence-corrected chi connectivity index (χ1v) is 4.89. The summed E-state index contributed by atoms with van der Waals surface area (Å²) in [5.74, 6) is 0.156. The molecule has 0 spiro atoms. The molecule has 1 N–H and O–H groups in total. The Morgan fingerprint density at radius 3 is 2.60 bits per heavy atom. The van der Waals surface area contributed by atoms with Gasteiger partial charge in [0.1, 0.15) is 0 Å². The molecule has 4 heteroatoms. The summed E-state index contributed by atoms with van der Waals surface area (Å²) in [7, 11) is 0. The topological polar surface area (TPSA) is 55.4 Å². The summed E-state index contributed by atoms with van der Waals surface area (Å²) < 4.78 is 4.72. The zero-order valence-corrected chi connectivity index (χ0v) is 8.66. The summed E-state index contributed by atoms with van der Waals surface area (Å²) in [5.41, 5.74) is 0. The van der Waals surface area contributed by atoms with Gasteiger partial charge < -0.3 is 10.1 Å². The van der Waals surface area contributed by atoms with Crippen molar-refractivity contribution in [2.24, 2.45) is 0 Å².